The molecule has 33 heavy (non-hydrogen) atoms. The average molecular weight is 453 g/mol. The van der Waals surface area contributed by atoms with E-state index in [1.807, 2.05) is 0 Å². The number of nitrogens with one attached hydrogen (secondary N) is 2. The van der Waals surface area contributed by atoms with Crippen molar-refractivity contribution in [3.05, 3.63) is 60.6 Å². The third-order valence-corrected chi connectivity index (χ3v) is 6.62. The van der Waals surface area contributed by atoms with Crippen LogP contribution in [0.15, 0.2) is 48.9 Å². The summed E-state index contributed by atoms with van der Waals surface area (Å²) in [7, 11) is 2.14. The molecule has 4 rings (SSSR count). The van der Waals surface area contributed by atoms with Crippen molar-refractivity contribution in [2.24, 2.45) is 0 Å². The summed E-state index contributed by atoms with van der Waals surface area (Å²) in [4.78, 5) is 14.6. The smallest absolute Gasteiger partial charge is 0.229 e. The Morgan fingerprint density at radius 3 is 2.24 bits per heavy atom. The Balaban J connectivity index is 1.49. The molecule has 0 unspecified atom stereocenters. The van der Waals surface area contributed by atoms with Gasteiger partial charge in [0.25, 0.3) is 0 Å². The SMILES string of the molecule is CN1C(C)(C)CC(Nc2nc(Nc3ccc(-c4ccncc4F)cc3)ncc2F)CC1(C)C. The molecule has 0 aliphatic carbocycles. The molecule has 6 nitrogen and oxygen atoms in total. The van der Waals surface area contributed by atoms with E-state index in [4.69, 9.17) is 0 Å². The zero-order valence-corrected chi connectivity index (χ0v) is 19.7. The van der Waals surface area contributed by atoms with Crippen molar-refractivity contribution >= 4 is 17.5 Å². The summed E-state index contributed by atoms with van der Waals surface area (Å²) in [6.07, 6.45) is 5.65. The molecule has 0 saturated carbocycles. The van der Waals surface area contributed by atoms with E-state index in [1.165, 1.54) is 12.4 Å². The van der Waals surface area contributed by atoms with Crippen LogP contribution in [-0.4, -0.2) is 44.0 Å². The van der Waals surface area contributed by atoms with Gasteiger partial charge in [0, 0.05) is 34.6 Å². The van der Waals surface area contributed by atoms with Crippen molar-refractivity contribution in [2.75, 3.05) is 17.7 Å². The summed E-state index contributed by atoms with van der Waals surface area (Å²) in [6, 6.07) is 8.91. The topological polar surface area (TPSA) is 66.0 Å². The van der Waals surface area contributed by atoms with Crippen molar-refractivity contribution in [3.8, 4) is 11.1 Å². The van der Waals surface area contributed by atoms with Gasteiger partial charge in [-0.25, -0.2) is 13.8 Å². The molecular weight excluding hydrogens is 422 g/mol. The molecule has 1 aliphatic heterocycles. The van der Waals surface area contributed by atoms with Crippen LogP contribution in [-0.2, 0) is 0 Å². The molecule has 3 aromatic rings. The van der Waals surface area contributed by atoms with Crippen LogP contribution in [0.2, 0.25) is 0 Å². The fourth-order valence-electron chi connectivity index (χ4n) is 4.67. The molecule has 0 amide bonds. The van der Waals surface area contributed by atoms with Crippen molar-refractivity contribution in [1.29, 1.82) is 0 Å². The third kappa shape index (κ3) is 4.95. The van der Waals surface area contributed by atoms with Gasteiger partial charge in [-0.1, -0.05) is 12.1 Å². The van der Waals surface area contributed by atoms with Crippen molar-refractivity contribution in [2.45, 2.75) is 57.7 Å². The van der Waals surface area contributed by atoms with Crippen LogP contribution in [0.3, 0.4) is 0 Å². The fraction of sp³-hybridized carbons (Fsp3) is 0.400. The quantitative estimate of drug-likeness (QED) is 0.524. The number of pyridine rings is 1. The Bertz CT molecular complexity index is 1110. The molecule has 1 saturated heterocycles. The highest BCUT2D eigenvalue weighted by molar-refractivity contribution is 5.67. The zero-order chi connectivity index (χ0) is 23.8. The maximum absolute atomic E-state index is 14.5. The zero-order valence-electron chi connectivity index (χ0n) is 19.7. The predicted molar refractivity (Wildman–Crippen MR) is 127 cm³/mol. The molecule has 1 aliphatic rings. The van der Waals surface area contributed by atoms with Crippen molar-refractivity contribution in [1.82, 2.24) is 19.9 Å². The van der Waals surface area contributed by atoms with Gasteiger partial charge in [-0.05, 0) is 71.3 Å². The van der Waals surface area contributed by atoms with Crippen LogP contribution in [0.25, 0.3) is 11.1 Å². The molecule has 2 N–H and O–H groups in total. The van der Waals surface area contributed by atoms with E-state index in [9.17, 15) is 8.78 Å². The number of hydrogen-bond donors (Lipinski definition) is 2. The van der Waals surface area contributed by atoms with Crippen LogP contribution in [0, 0.1) is 11.6 Å². The van der Waals surface area contributed by atoms with Gasteiger partial charge >= 0.3 is 0 Å². The predicted octanol–water partition coefficient (Wildman–Crippen LogP) is 5.62. The van der Waals surface area contributed by atoms with Gasteiger partial charge in [-0.2, -0.15) is 4.98 Å². The normalized spacial score (nSPS) is 18.2. The molecule has 1 fully saturated rings. The lowest BCUT2D eigenvalue weighted by molar-refractivity contribution is -0.00778. The van der Waals surface area contributed by atoms with Gasteiger partial charge in [0.1, 0.15) is 5.82 Å². The summed E-state index contributed by atoms with van der Waals surface area (Å²) in [5, 5.41) is 6.40. The maximum atomic E-state index is 14.5. The van der Waals surface area contributed by atoms with E-state index in [1.54, 1.807) is 36.5 Å². The van der Waals surface area contributed by atoms with Crippen molar-refractivity contribution < 1.29 is 8.78 Å². The third-order valence-electron chi connectivity index (χ3n) is 6.62. The van der Waals surface area contributed by atoms with Gasteiger partial charge < -0.3 is 10.6 Å². The van der Waals surface area contributed by atoms with E-state index < -0.39 is 5.82 Å². The number of anilines is 3. The summed E-state index contributed by atoms with van der Waals surface area (Å²) < 4.78 is 28.5. The number of rotatable bonds is 5. The molecule has 3 heterocycles. The van der Waals surface area contributed by atoms with E-state index in [-0.39, 0.29) is 34.7 Å². The number of likely N-dealkylation sites (tertiary alicyclic amines) is 1. The van der Waals surface area contributed by atoms with E-state index >= 15 is 0 Å². The Kier molecular flexibility index (Phi) is 6.05. The summed E-state index contributed by atoms with van der Waals surface area (Å²) in [5.74, 6) is -0.396. The summed E-state index contributed by atoms with van der Waals surface area (Å²) >= 11 is 0. The first-order valence-electron chi connectivity index (χ1n) is 11.1. The highest BCUT2D eigenvalue weighted by atomic mass is 19.1. The van der Waals surface area contributed by atoms with Gasteiger partial charge in [-0.3, -0.25) is 9.88 Å². The highest BCUT2D eigenvalue weighted by Crippen LogP contribution is 2.38. The minimum Gasteiger partial charge on any atom is -0.365 e. The van der Waals surface area contributed by atoms with Gasteiger partial charge in [0.05, 0.1) is 12.4 Å². The second kappa shape index (κ2) is 8.67. The number of nitrogens with zero attached hydrogens (tertiary/aromatic N) is 4. The number of piperidine rings is 1. The standard InChI is InChI=1S/C25H30F2N6/c1-24(2)12-18(13-25(3,4)33(24)5)30-22-21(27)15-29-23(32-22)31-17-8-6-16(7-9-17)19-10-11-28-14-20(19)26/h6-11,14-15,18H,12-13H2,1-5H3,(H2,29,30,31,32). The first-order valence-corrected chi connectivity index (χ1v) is 11.1. The lowest BCUT2D eigenvalue weighted by Crippen LogP contribution is -2.61. The van der Waals surface area contributed by atoms with Crippen LogP contribution < -0.4 is 10.6 Å². The molecular formula is C25H30F2N6. The van der Waals surface area contributed by atoms with Gasteiger partial charge in [-0.15, -0.1) is 0 Å². The monoisotopic (exact) mass is 452 g/mol. The molecule has 0 radical (unpaired) electrons. The van der Waals surface area contributed by atoms with Crippen LogP contribution >= 0.6 is 0 Å². The number of halogens is 2. The first-order chi connectivity index (χ1) is 15.5. The van der Waals surface area contributed by atoms with E-state index in [0.29, 0.717) is 11.3 Å². The Labute approximate surface area is 193 Å². The molecule has 1 aromatic carbocycles. The Morgan fingerprint density at radius 1 is 0.939 bits per heavy atom. The molecule has 0 atom stereocenters. The van der Waals surface area contributed by atoms with Crippen LogP contribution in [0.5, 0.6) is 0 Å². The highest BCUT2D eigenvalue weighted by Gasteiger charge is 2.43. The second-order valence-corrected chi connectivity index (χ2v) is 9.88. The number of hydrogen-bond acceptors (Lipinski definition) is 6. The number of benzene rings is 1. The molecule has 0 bridgehead atoms. The lowest BCUT2D eigenvalue weighted by atomic mass is 9.77. The molecule has 2 aromatic heterocycles. The van der Waals surface area contributed by atoms with Gasteiger partial charge in [0.2, 0.25) is 5.95 Å². The van der Waals surface area contributed by atoms with Crippen LogP contribution in [0.4, 0.5) is 26.2 Å². The largest absolute Gasteiger partial charge is 0.365 e. The second-order valence-electron chi connectivity index (χ2n) is 9.88. The maximum Gasteiger partial charge on any atom is 0.229 e. The van der Waals surface area contributed by atoms with E-state index in [0.717, 1.165) is 18.4 Å². The minimum atomic E-state index is -0.487. The van der Waals surface area contributed by atoms with Crippen LogP contribution in [0.1, 0.15) is 40.5 Å². The number of aromatic nitrogens is 3. The lowest BCUT2D eigenvalue weighted by Gasteiger charge is -2.53. The summed E-state index contributed by atoms with van der Waals surface area (Å²) in [6.45, 7) is 8.81. The Morgan fingerprint density at radius 2 is 1.61 bits per heavy atom. The molecule has 174 valence electrons. The summed E-state index contributed by atoms with van der Waals surface area (Å²) in [5.41, 5.74) is 1.87. The van der Waals surface area contributed by atoms with E-state index in [2.05, 4.69) is 65.2 Å². The van der Waals surface area contributed by atoms with Gasteiger partial charge in [0.15, 0.2) is 11.6 Å². The average Bonchev–Trinajstić information content (AvgIpc) is 2.75. The molecule has 8 heteroatoms. The first kappa shape index (κ1) is 23.0. The minimum absolute atomic E-state index is 0.0277. The Hall–Kier alpha value is -3.13. The molecule has 0 spiro atoms. The fourth-order valence-corrected chi connectivity index (χ4v) is 4.67. The van der Waals surface area contributed by atoms with Crippen molar-refractivity contribution in [3.63, 3.8) is 0 Å².